The third kappa shape index (κ3) is 6.69. The Hall–Kier alpha value is -4.77. The number of hydrazine groups is 1. The standard InChI is InChI=1S/C29H30N6O6/c30-35-32-17-23-5-2-1-4-22(23)15-29(28(37)34-31-16-20-6-11-25-26(14-20)41-19-40-25)18-39-27(33-29)21-7-9-24(10-8-21)38-13-3-12-36/h1-2,4-11,14,31,36H,3,12-13,15-19H2,(H,34,37)/t29-/m0/s1. The van der Waals surface area contributed by atoms with Crippen LogP contribution in [0.5, 0.6) is 17.2 Å². The third-order valence-electron chi connectivity index (χ3n) is 6.70. The summed E-state index contributed by atoms with van der Waals surface area (Å²) < 4.78 is 22.4. The van der Waals surface area contributed by atoms with Crippen LogP contribution in [0.1, 0.15) is 28.7 Å². The Morgan fingerprint density at radius 3 is 2.68 bits per heavy atom. The number of aliphatic imine (C=N–C) groups is 1. The van der Waals surface area contributed by atoms with Gasteiger partial charge in [0.15, 0.2) is 17.0 Å². The highest BCUT2D eigenvalue weighted by atomic mass is 16.7. The quantitative estimate of drug-likeness (QED) is 0.0951. The number of hydrogen-bond donors (Lipinski definition) is 3. The Bertz CT molecular complexity index is 1460. The second-order valence-corrected chi connectivity index (χ2v) is 9.52. The molecule has 0 saturated carbocycles. The van der Waals surface area contributed by atoms with Crippen LogP contribution in [-0.4, -0.2) is 49.1 Å². The van der Waals surface area contributed by atoms with Gasteiger partial charge in [-0.1, -0.05) is 35.4 Å². The molecule has 5 rings (SSSR count). The Balaban J connectivity index is 1.35. The molecule has 1 amide bonds. The maximum atomic E-state index is 13.7. The molecule has 12 nitrogen and oxygen atoms in total. The molecule has 0 spiro atoms. The van der Waals surface area contributed by atoms with E-state index in [0.29, 0.717) is 48.3 Å². The Morgan fingerprint density at radius 1 is 1.07 bits per heavy atom. The van der Waals surface area contributed by atoms with Gasteiger partial charge >= 0.3 is 0 Å². The molecule has 0 saturated heterocycles. The van der Waals surface area contributed by atoms with Crippen LogP contribution in [0.15, 0.2) is 76.8 Å². The summed E-state index contributed by atoms with van der Waals surface area (Å²) in [7, 11) is 0. The number of fused-ring (bicyclic) bond motifs is 1. The summed E-state index contributed by atoms with van der Waals surface area (Å²) in [4.78, 5) is 21.4. The number of nitrogens with zero attached hydrogens (tertiary/aromatic N) is 4. The van der Waals surface area contributed by atoms with Crippen molar-refractivity contribution in [2.24, 2.45) is 10.1 Å². The lowest BCUT2D eigenvalue weighted by atomic mass is 9.89. The van der Waals surface area contributed by atoms with Crippen LogP contribution < -0.4 is 25.1 Å². The van der Waals surface area contributed by atoms with Crippen LogP contribution >= 0.6 is 0 Å². The first kappa shape index (κ1) is 27.8. The van der Waals surface area contributed by atoms with Crippen LogP contribution in [0.4, 0.5) is 0 Å². The summed E-state index contributed by atoms with van der Waals surface area (Å²) in [5, 5.41) is 12.7. The largest absolute Gasteiger partial charge is 0.494 e. The van der Waals surface area contributed by atoms with Crippen LogP contribution in [0, 0.1) is 0 Å². The highest BCUT2D eigenvalue weighted by molar-refractivity contribution is 6.00. The number of carbonyl (C=O) groups excluding carboxylic acids is 1. The number of rotatable bonds is 13. The van der Waals surface area contributed by atoms with E-state index < -0.39 is 5.54 Å². The van der Waals surface area contributed by atoms with Crippen LogP contribution in [0.2, 0.25) is 0 Å². The van der Waals surface area contributed by atoms with E-state index in [2.05, 4.69) is 20.9 Å². The van der Waals surface area contributed by atoms with E-state index in [1.54, 1.807) is 12.1 Å². The minimum Gasteiger partial charge on any atom is -0.494 e. The average molecular weight is 559 g/mol. The molecule has 2 aliphatic heterocycles. The lowest BCUT2D eigenvalue weighted by molar-refractivity contribution is -0.127. The molecular formula is C29H30N6O6. The molecule has 0 aliphatic carbocycles. The summed E-state index contributed by atoms with van der Waals surface area (Å²) in [6, 6.07) is 20.3. The summed E-state index contributed by atoms with van der Waals surface area (Å²) in [5.41, 5.74) is 16.6. The van der Waals surface area contributed by atoms with Crippen LogP contribution in [0.25, 0.3) is 10.4 Å². The molecule has 1 atom stereocenters. The molecule has 0 fully saturated rings. The van der Waals surface area contributed by atoms with Gasteiger partial charge in [0, 0.05) is 36.5 Å². The molecule has 212 valence electrons. The number of nitrogens with one attached hydrogen (secondary N) is 2. The molecule has 3 aromatic carbocycles. The normalized spacial score (nSPS) is 16.9. The second kappa shape index (κ2) is 13.1. The van der Waals surface area contributed by atoms with Gasteiger partial charge in [-0.25, -0.2) is 10.4 Å². The number of aliphatic hydroxyl groups is 1. The van der Waals surface area contributed by atoms with Crippen molar-refractivity contribution in [1.29, 1.82) is 0 Å². The molecule has 41 heavy (non-hydrogen) atoms. The zero-order chi connectivity index (χ0) is 28.5. The highest BCUT2D eigenvalue weighted by Crippen LogP contribution is 2.32. The molecule has 0 radical (unpaired) electrons. The van der Waals surface area contributed by atoms with Crippen molar-refractivity contribution < 1.29 is 28.8 Å². The molecule has 3 aromatic rings. The van der Waals surface area contributed by atoms with Gasteiger partial charge in [-0.15, -0.1) is 0 Å². The lowest BCUT2D eigenvalue weighted by Gasteiger charge is -2.24. The van der Waals surface area contributed by atoms with E-state index >= 15 is 0 Å². The number of hydrogen-bond acceptors (Lipinski definition) is 9. The van der Waals surface area contributed by atoms with E-state index in [1.807, 2.05) is 54.6 Å². The van der Waals surface area contributed by atoms with Gasteiger partial charge in [0.1, 0.15) is 12.4 Å². The van der Waals surface area contributed by atoms with Crippen molar-refractivity contribution in [3.05, 3.63) is 99.4 Å². The molecule has 0 aromatic heterocycles. The summed E-state index contributed by atoms with van der Waals surface area (Å²) in [5.74, 6) is 1.98. The van der Waals surface area contributed by atoms with Crippen LogP contribution in [0.3, 0.4) is 0 Å². The van der Waals surface area contributed by atoms with E-state index in [0.717, 1.165) is 16.7 Å². The zero-order valence-electron chi connectivity index (χ0n) is 22.3. The molecular weight excluding hydrogens is 528 g/mol. The predicted octanol–water partition coefficient (Wildman–Crippen LogP) is 3.57. The summed E-state index contributed by atoms with van der Waals surface area (Å²) in [6.07, 6.45) is 0.770. The third-order valence-corrected chi connectivity index (χ3v) is 6.70. The van der Waals surface area contributed by atoms with Gasteiger partial charge < -0.3 is 24.1 Å². The van der Waals surface area contributed by atoms with Crippen molar-refractivity contribution >= 4 is 11.8 Å². The van der Waals surface area contributed by atoms with Gasteiger partial charge in [0.05, 0.1) is 13.2 Å². The maximum Gasteiger partial charge on any atom is 0.266 e. The Morgan fingerprint density at radius 2 is 1.88 bits per heavy atom. The maximum absolute atomic E-state index is 13.7. The van der Waals surface area contributed by atoms with E-state index in [1.165, 1.54) is 0 Å². The van der Waals surface area contributed by atoms with Gasteiger partial charge in [-0.3, -0.25) is 10.2 Å². The highest BCUT2D eigenvalue weighted by Gasteiger charge is 2.45. The van der Waals surface area contributed by atoms with Crippen LogP contribution in [-0.2, 0) is 29.0 Å². The Kier molecular flexibility index (Phi) is 8.85. The fourth-order valence-corrected chi connectivity index (χ4v) is 4.53. The summed E-state index contributed by atoms with van der Waals surface area (Å²) >= 11 is 0. The smallest absolute Gasteiger partial charge is 0.266 e. The predicted molar refractivity (Wildman–Crippen MR) is 149 cm³/mol. The molecule has 3 N–H and O–H groups in total. The number of benzene rings is 3. The average Bonchev–Trinajstić information content (AvgIpc) is 3.65. The SMILES string of the molecule is [N-]=[N+]=NCc1ccccc1C[C@@]1(C(=O)NNCc2ccc3c(c2)OCO3)COC(c2ccc(OCCCO)cc2)=N1. The number of ether oxygens (including phenoxy) is 4. The molecule has 0 unspecified atom stereocenters. The lowest BCUT2D eigenvalue weighted by Crippen LogP contribution is -2.52. The van der Waals surface area contributed by atoms with Crippen molar-refractivity contribution in [3.8, 4) is 17.2 Å². The molecule has 2 aliphatic rings. The van der Waals surface area contributed by atoms with Crippen molar-refractivity contribution in [1.82, 2.24) is 10.9 Å². The minimum atomic E-state index is -1.28. The molecule has 2 heterocycles. The number of carbonyl (C=O) groups is 1. The fourth-order valence-electron chi connectivity index (χ4n) is 4.53. The van der Waals surface area contributed by atoms with Crippen molar-refractivity contribution in [2.75, 3.05) is 26.6 Å². The minimum absolute atomic E-state index is 0.0183. The van der Waals surface area contributed by atoms with E-state index in [4.69, 9.17) is 34.6 Å². The molecule has 0 bridgehead atoms. The number of aliphatic hydroxyl groups excluding tert-OH is 1. The summed E-state index contributed by atoms with van der Waals surface area (Å²) in [6.45, 7) is 1.18. The van der Waals surface area contributed by atoms with E-state index in [-0.39, 0.29) is 38.9 Å². The fraction of sp³-hybridized carbons (Fsp3) is 0.310. The van der Waals surface area contributed by atoms with Gasteiger partial charge in [0.25, 0.3) is 5.91 Å². The first-order valence-corrected chi connectivity index (χ1v) is 13.2. The van der Waals surface area contributed by atoms with Gasteiger partial charge in [0.2, 0.25) is 12.7 Å². The Labute approximate surface area is 236 Å². The first-order valence-electron chi connectivity index (χ1n) is 13.2. The topological polar surface area (TPSA) is 159 Å². The first-order chi connectivity index (χ1) is 20.1. The zero-order valence-corrected chi connectivity index (χ0v) is 22.3. The second-order valence-electron chi connectivity index (χ2n) is 9.52. The monoisotopic (exact) mass is 558 g/mol. The van der Waals surface area contributed by atoms with E-state index in [9.17, 15) is 4.79 Å². The number of azide groups is 1. The van der Waals surface area contributed by atoms with Crippen molar-refractivity contribution in [2.45, 2.75) is 31.5 Å². The number of amides is 1. The van der Waals surface area contributed by atoms with Gasteiger partial charge in [-0.2, -0.15) is 0 Å². The van der Waals surface area contributed by atoms with Gasteiger partial charge in [-0.05, 0) is 58.6 Å². The molecule has 12 heteroatoms. The van der Waals surface area contributed by atoms with Crippen molar-refractivity contribution in [3.63, 3.8) is 0 Å².